The van der Waals surface area contributed by atoms with Crippen LogP contribution in [0.4, 0.5) is 4.79 Å². The zero-order valence-electron chi connectivity index (χ0n) is 15.3. The molecule has 0 saturated carbocycles. The first kappa shape index (κ1) is 20.0. The van der Waals surface area contributed by atoms with Crippen LogP contribution in [-0.2, 0) is 11.4 Å². The molecule has 1 saturated heterocycles. The van der Waals surface area contributed by atoms with Crippen molar-refractivity contribution in [2.45, 2.75) is 13.5 Å². The van der Waals surface area contributed by atoms with Crippen molar-refractivity contribution in [2.24, 2.45) is 0 Å². The molecule has 1 N–H and O–H groups in total. The number of hydrogen-bond acceptors (Lipinski definition) is 4. The Morgan fingerprint density at radius 1 is 1.11 bits per heavy atom. The largest absolute Gasteiger partial charge is 0.490 e. The number of halogens is 2. The van der Waals surface area contributed by atoms with Crippen LogP contribution >= 0.6 is 23.2 Å². The highest BCUT2D eigenvalue weighted by Crippen LogP contribution is 2.38. The minimum atomic E-state index is -0.477. The predicted octanol–water partition coefficient (Wildman–Crippen LogP) is 4.49. The Kier molecular flexibility index (Phi) is 6.11. The molecule has 3 rings (SSSR count). The summed E-state index contributed by atoms with van der Waals surface area (Å²) in [6, 6.07) is 10.2. The minimum Gasteiger partial charge on any atom is -0.490 e. The lowest BCUT2D eigenvalue weighted by molar-refractivity contribution is -0.121. The molecule has 28 heavy (non-hydrogen) atoms. The van der Waals surface area contributed by atoms with E-state index >= 15 is 0 Å². The molecule has 0 aliphatic carbocycles. The average Bonchev–Trinajstić information content (AvgIpc) is 2.89. The summed E-state index contributed by atoms with van der Waals surface area (Å²) in [5.41, 5.74) is 1.70. The van der Waals surface area contributed by atoms with Crippen LogP contribution in [0.3, 0.4) is 0 Å². The molecule has 1 fully saturated rings. The molecule has 146 valence electrons. The lowest BCUT2D eigenvalue weighted by atomic mass is 10.1. The monoisotopic (exact) mass is 420 g/mol. The Bertz CT molecular complexity index is 942. The van der Waals surface area contributed by atoms with E-state index in [0.717, 1.165) is 10.5 Å². The molecular formula is C20H18Cl2N2O4. The molecule has 8 heteroatoms. The molecule has 2 aromatic rings. The number of nitrogens with one attached hydrogen (secondary N) is 1. The van der Waals surface area contributed by atoms with Gasteiger partial charge in [-0.25, -0.2) is 4.79 Å². The Morgan fingerprint density at radius 3 is 2.43 bits per heavy atom. The summed E-state index contributed by atoms with van der Waals surface area (Å²) in [7, 11) is 1.41. The molecule has 0 atom stereocenters. The van der Waals surface area contributed by atoms with E-state index in [0.29, 0.717) is 33.7 Å². The first-order valence-corrected chi connectivity index (χ1v) is 9.29. The van der Waals surface area contributed by atoms with Crippen molar-refractivity contribution >= 4 is 41.2 Å². The molecule has 1 aliphatic rings. The molecule has 1 heterocycles. The SMILES string of the molecule is CCOc1cc(/C=C2/NC(=O)N(C)C2=O)cc(Cl)c1OCc1ccc(Cl)cc1. The van der Waals surface area contributed by atoms with Crippen LogP contribution in [0.1, 0.15) is 18.1 Å². The Morgan fingerprint density at radius 2 is 1.82 bits per heavy atom. The van der Waals surface area contributed by atoms with Gasteiger partial charge in [-0.3, -0.25) is 9.69 Å². The summed E-state index contributed by atoms with van der Waals surface area (Å²) in [5, 5.41) is 3.49. The Labute approximate surface area is 172 Å². The first-order valence-electron chi connectivity index (χ1n) is 8.53. The van der Waals surface area contributed by atoms with Gasteiger partial charge in [-0.15, -0.1) is 0 Å². The van der Waals surface area contributed by atoms with Crippen LogP contribution in [0.15, 0.2) is 42.1 Å². The van der Waals surface area contributed by atoms with Gasteiger partial charge in [0.2, 0.25) is 0 Å². The van der Waals surface area contributed by atoms with E-state index in [1.165, 1.54) is 7.05 Å². The number of hydrogen-bond donors (Lipinski definition) is 1. The van der Waals surface area contributed by atoms with Crippen molar-refractivity contribution < 1.29 is 19.1 Å². The second-order valence-electron chi connectivity index (χ2n) is 6.03. The van der Waals surface area contributed by atoms with Crippen molar-refractivity contribution in [3.05, 3.63) is 63.3 Å². The summed E-state index contributed by atoms with van der Waals surface area (Å²) in [6.07, 6.45) is 1.54. The summed E-state index contributed by atoms with van der Waals surface area (Å²) in [5.74, 6) is 0.433. The molecule has 0 bridgehead atoms. The first-order chi connectivity index (χ1) is 13.4. The van der Waals surface area contributed by atoms with Crippen LogP contribution in [-0.4, -0.2) is 30.5 Å². The summed E-state index contributed by atoms with van der Waals surface area (Å²) in [6.45, 7) is 2.54. The number of carbonyl (C=O) groups is 2. The normalized spacial score (nSPS) is 15.1. The Balaban J connectivity index is 1.86. The number of imide groups is 1. The van der Waals surface area contributed by atoms with Gasteiger partial charge in [0.25, 0.3) is 5.91 Å². The van der Waals surface area contributed by atoms with Gasteiger partial charge in [-0.1, -0.05) is 35.3 Å². The fourth-order valence-electron chi connectivity index (χ4n) is 2.60. The number of ether oxygens (including phenoxy) is 2. The van der Waals surface area contributed by atoms with Crippen LogP contribution in [0, 0.1) is 0 Å². The fourth-order valence-corrected chi connectivity index (χ4v) is 3.00. The van der Waals surface area contributed by atoms with Gasteiger partial charge in [-0.2, -0.15) is 0 Å². The van der Waals surface area contributed by atoms with Crippen LogP contribution in [0.2, 0.25) is 10.0 Å². The highest BCUT2D eigenvalue weighted by Gasteiger charge is 2.30. The quantitative estimate of drug-likeness (QED) is 0.551. The van der Waals surface area contributed by atoms with Gasteiger partial charge in [0.15, 0.2) is 11.5 Å². The van der Waals surface area contributed by atoms with Crippen LogP contribution in [0.5, 0.6) is 11.5 Å². The zero-order chi connectivity index (χ0) is 20.3. The van der Waals surface area contributed by atoms with Crippen molar-refractivity contribution in [1.82, 2.24) is 10.2 Å². The minimum absolute atomic E-state index is 0.167. The van der Waals surface area contributed by atoms with Crippen molar-refractivity contribution in [3.8, 4) is 11.5 Å². The molecule has 1 aliphatic heterocycles. The maximum absolute atomic E-state index is 12.0. The van der Waals surface area contributed by atoms with Gasteiger partial charge in [-0.05, 0) is 48.4 Å². The summed E-state index contributed by atoms with van der Waals surface area (Å²) in [4.78, 5) is 24.6. The number of benzene rings is 2. The van der Waals surface area contributed by atoms with Gasteiger partial charge in [0.05, 0.1) is 11.6 Å². The molecular weight excluding hydrogens is 403 g/mol. The second kappa shape index (κ2) is 8.54. The van der Waals surface area contributed by atoms with E-state index in [2.05, 4.69) is 5.32 Å². The van der Waals surface area contributed by atoms with Gasteiger partial charge in [0, 0.05) is 12.1 Å². The summed E-state index contributed by atoms with van der Waals surface area (Å²) >= 11 is 12.3. The molecule has 6 nitrogen and oxygen atoms in total. The fraction of sp³-hybridized carbons (Fsp3) is 0.200. The number of urea groups is 1. The third kappa shape index (κ3) is 4.40. The average molecular weight is 421 g/mol. The topological polar surface area (TPSA) is 67.9 Å². The molecule has 2 aromatic carbocycles. The number of amides is 3. The molecule has 0 radical (unpaired) electrons. The number of likely N-dealkylation sites (N-methyl/N-ethyl adjacent to an activating group) is 1. The van der Waals surface area contributed by atoms with E-state index in [1.807, 2.05) is 19.1 Å². The number of carbonyl (C=O) groups excluding carboxylic acids is 2. The number of rotatable bonds is 6. The Hall–Kier alpha value is -2.70. The standard InChI is InChI=1S/C20H18Cl2N2O4/c1-3-27-17-10-13(9-16-19(25)24(2)20(26)23-16)8-15(22)18(17)28-11-12-4-6-14(21)7-5-12/h4-10H,3,11H2,1-2H3,(H,23,26)/b16-9+. The van der Waals surface area contributed by atoms with E-state index in [4.69, 9.17) is 32.7 Å². The molecule has 0 unspecified atom stereocenters. The third-order valence-electron chi connectivity index (χ3n) is 4.02. The van der Waals surface area contributed by atoms with Gasteiger partial charge >= 0.3 is 6.03 Å². The summed E-state index contributed by atoms with van der Waals surface area (Å²) < 4.78 is 11.5. The van der Waals surface area contributed by atoms with Crippen molar-refractivity contribution in [2.75, 3.05) is 13.7 Å². The van der Waals surface area contributed by atoms with Crippen molar-refractivity contribution in [3.63, 3.8) is 0 Å². The zero-order valence-corrected chi connectivity index (χ0v) is 16.8. The maximum Gasteiger partial charge on any atom is 0.328 e. The molecule has 0 aromatic heterocycles. The molecule has 3 amide bonds. The van der Waals surface area contributed by atoms with E-state index in [9.17, 15) is 9.59 Å². The van der Waals surface area contributed by atoms with Crippen LogP contribution in [0.25, 0.3) is 6.08 Å². The lowest BCUT2D eigenvalue weighted by Gasteiger charge is -2.15. The van der Waals surface area contributed by atoms with Crippen molar-refractivity contribution in [1.29, 1.82) is 0 Å². The van der Waals surface area contributed by atoms with E-state index in [1.54, 1.807) is 30.3 Å². The smallest absolute Gasteiger partial charge is 0.328 e. The van der Waals surface area contributed by atoms with Gasteiger partial charge in [0.1, 0.15) is 12.3 Å². The lowest BCUT2D eigenvalue weighted by Crippen LogP contribution is -2.25. The maximum atomic E-state index is 12.0. The predicted molar refractivity (Wildman–Crippen MR) is 108 cm³/mol. The second-order valence-corrected chi connectivity index (χ2v) is 6.87. The highest BCUT2D eigenvalue weighted by molar-refractivity contribution is 6.32. The molecule has 0 spiro atoms. The van der Waals surface area contributed by atoms with E-state index < -0.39 is 11.9 Å². The van der Waals surface area contributed by atoms with Gasteiger partial charge < -0.3 is 14.8 Å². The van der Waals surface area contributed by atoms with Crippen LogP contribution < -0.4 is 14.8 Å². The highest BCUT2D eigenvalue weighted by atomic mass is 35.5. The number of nitrogens with zero attached hydrogens (tertiary/aromatic N) is 1. The third-order valence-corrected chi connectivity index (χ3v) is 4.55. The van der Waals surface area contributed by atoms with E-state index in [-0.39, 0.29) is 12.3 Å².